The van der Waals surface area contributed by atoms with Crippen molar-refractivity contribution in [1.82, 2.24) is 4.98 Å². The minimum atomic E-state index is -0.900. The zero-order valence-electron chi connectivity index (χ0n) is 13.9. The number of halogens is 2. The number of rotatable bonds is 4. The van der Waals surface area contributed by atoms with E-state index in [9.17, 15) is 13.6 Å². The Morgan fingerprint density at radius 2 is 2.08 bits per heavy atom. The molecule has 1 aromatic heterocycles. The molecule has 0 aliphatic carbocycles. The summed E-state index contributed by atoms with van der Waals surface area (Å²) in [4.78, 5) is 16.0. The van der Waals surface area contributed by atoms with Crippen molar-refractivity contribution in [2.45, 2.75) is 25.5 Å². The van der Waals surface area contributed by atoms with Gasteiger partial charge in [-0.2, -0.15) is 0 Å². The average molecular weight is 348 g/mol. The van der Waals surface area contributed by atoms with Crippen LogP contribution in [-0.4, -0.2) is 30.7 Å². The number of nitrogens with zero attached hydrogens (tertiary/aromatic N) is 1. The summed E-state index contributed by atoms with van der Waals surface area (Å²) >= 11 is 0. The summed E-state index contributed by atoms with van der Waals surface area (Å²) in [6.07, 6.45) is 0.292. The molecule has 25 heavy (non-hydrogen) atoms. The zero-order chi connectivity index (χ0) is 18.0. The number of pyridine rings is 1. The van der Waals surface area contributed by atoms with Crippen molar-refractivity contribution in [2.24, 2.45) is 0 Å². The highest BCUT2D eigenvalue weighted by molar-refractivity contribution is 5.90. The van der Waals surface area contributed by atoms with Gasteiger partial charge in [0, 0.05) is 6.61 Å². The smallest absolute Gasteiger partial charge is 0.339 e. The Labute approximate surface area is 144 Å². The van der Waals surface area contributed by atoms with Gasteiger partial charge in [-0.05, 0) is 43.2 Å². The summed E-state index contributed by atoms with van der Waals surface area (Å²) in [5.41, 5.74) is 1.50. The molecule has 1 N–H and O–H groups in total. The summed E-state index contributed by atoms with van der Waals surface area (Å²) in [7, 11) is 1.32. The molecule has 1 fully saturated rings. The quantitative estimate of drug-likeness (QED) is 0.858. The lowest BCUT2D eigenvalue weighted by Crippen LogP contribution is -2.24. The second-order valence-electron chi connectivity index (χ2n) is 5.83. The fourth-order valence-corrected chi connectivity index (χ4v) is 2.91. The first kappa shape index (κ1) is 17.3. The third-order valence-electron chi connectivity index (χ3n) is 4.19. The number of nitrogens with one attached hydrogen (secondary N) is 1. The molecule has 0 bridgehead atoms. The van der Waals surface area contributed by atoms with Gasteiger partial charge in [0.25, 0.3) is 0 Å². The second kappa shape index (κ2) is 7.14. The minimum Gasteiger partial charge on any atom is -0.465 e. The molecule has 0 spiro atoms. The van der Waals surface area contributed by atoms with Crippen LogP contribution in [0.1, 0.15) is 34.1 Å². The topological polar surface area (TPSA) is 60.5 Å². The lowest BCUT2D eigenvalue weighted by atomic mass is 10.0. The molecule has 1 aliphatic heterocycles. The van der Waals surface area contributed by atoms with Crippen LogP contribution in [0.15, 0.2) is 30.3 Å². The molecule has 132 valence electrons. The highest BCUT2D eigenvalue weighted by Gasteiger charge is 2.30. The van der Waals surface area contributed by atoms with E-state index in [1.165, 1.54) is 13.2 Å². The number of benzene rings is 1. The van der Waals surface area contributed by atoms with Crippen LogP contribution in [-0.2, 0) is 9.47 Å². The van der Waals surface area contributed by atoms with Crippen molar-refractivity contribution in [1.29, 1.82) is 0 Å². The normalized spacial score (nSPS) is 19.7. The Kier molecular flexibility index (Phi) is 4.94. The summed E-state index contributed by atoms with van der Waals surface area (Å²) in [6, 6.07) is 6.94. The Balaban J connectivity index is 1.78. The first-order chi connectivity index (χ1) is 12.0. The van der Waals surface area contributed by atoms with Crippen molar-refractivity contribution >= 4 is 11.8 Å². The zero-order valence-corrected chi connectivity index (χ0v) is 13.9. The van der Waals surface area contributed by atoms with Crippen molar-refractivity contribution in [3.8, 4) is 0 Å². The summed E-state index contributed by atoms with van der Waals surface area (Å²) in [5.74, 6) is -1.65. The number of ether oxygens (including phenoxy) is 2. The first-order valence-corrected chi connectivity index (χ1v) is 7.88. The molecule has 1 saturated heterocycles. The third kappa shape index (κ3) is 3.61. The van der Waals surface area contributed by atoms with E-state index >= 15 is 0 Å². The van der Waals surface area contributed by atoms with Crippen LogP contribution < -0.4 is 5.32 Å². The fraction of sp³-hybridized carbons (Fsp3) is 0.333. The Hall–Kier alpha value is -2.54. The predicted octanol–water partition coefficient (Wildman–Crippen LogP) is 3.40. The molecule has 7 heteroatoms. The van der Waals surface area contributed by atoms with Crippen LogP contribution in [0.5, 0.6) is 0 Å². The van der Waals surface area contributed by atoms with Gasteiger partial charge in [0.2, 0.25) is 0 Å². The number of aryl methyl sites for hydroxylation is 1. The molecular formula is C18H18F2N2O3. The minimum absolute atomic E-state index is 0.138. The fourth-order valence-electron chi connectivity index (χ4n) is 2.91. The molecule has 0 saturated carbocycles. The maximum atomic E-state index is 13.5. The van der Waals surface area contributed by atoms with Gasteiger partial charge in [-0.15, -0.1) is 0 Å². The molecule has 0 amide bonds. The molecule has 3 rings (SSSR count). The standard InChI is InChI=1S/C18H18F2N2O3/c1-10-12(18(23)24-2)4-6-16(21-10)22-15-7-8-25-17(15)11-3-5-13(19)14(20)9-11/h3-6,9,15,17H,7-8H2,1-2H3,(H,21,22). The van der Waals surface area contributed by atoms with Gasteiger partial charge in [-0.3, -0.25) is 0 Å². The average Bonchev–Trinajstić information content (AvgIpc) is 3.05. The largest absolute Gasteiger partial charge is 0.465 e. The van der Waals surface area contributed by atoms with Gasteiger partial charge in [0.05, 0.1) is 24.4 Å². The van der Waals surface area contributed by atoms with E-state index in [-0.39, 0.29) is 6.04 Å². The molecule has 0 radical (unpaired) electrons. The number of hydrogen-bond acceptors (Lipinski definition) is 5. The van der Waals surface area contributed by atoms with Gasteiger partial charge < -0.3 is 14.8 Å². The molecule has 2 atom stereocenters. The van der Waals surface area contributed by atoms with Crippen molar-refractivity contribution < 1.29 is 23.0 Å². The van der Waals surface area contributed by atoms with Crippen molar-refractivity contribution in [3.63, 3.8) is 0 Å². The molecule has 1 aromatic carbocycles. The van der Waals surface area contributed by atoms with Gasteiger partial charge in [-0.25, -0.2) is 18.6 Å². The number of anilines is 1. The van der Waals surface area contributed by atoms with Crippen LogP contribution in [0.3, 0.4) is 0 Å². The number of aromatic nitrogens is 1. The maximum Gasteiger partial charge on any atom is 0.339 e. The Bertz CT molecular complexity index is 798. The molecule has 2 heterocycles. The van der Waals surface area contributed by atoms with E-state index < -0.39 is 23.7 Å². The van der Waals surface area contributed by atoms with Crippen LogP contribution in [0.2, 0.25) is 0 Å². The molecule has 2 unspecified atom stereocenters. The maximum absolute atomic E-state index is 13.5. The monoisotopic (exact) mass is 348 g/mol. The van der Waals surface area contributed by atoms with Gasteiger partial charge in [0.1, 0.15) is 11.9 Å². The Morgan fingerprint density at radius 3 is 2.76 bits per heavy atom. The Morgan fingerprint density at radius 1 is 1.28 bits per heavy atom. The third-order valence-corrected chi connectivity index (χ3v) is 4.19. The van der Waals surface area contributed by atoms with Crippen molar-refractivity contribution in [3.05, 3.63) is 58.8 Å². The van der Waals surface area contributed by atoms with E-state index in [1.807, 2.05) is 0 Å². The lowest BCUT2D eigenvalue weighted by Gasteiger charge is -2.21. The van der Waals surface area contributed by atoms with Gasteiger partial charge >= 0.3 is 5.97 Å². The van der Waals surface area contributed by atoms with Crippen LogP contribution in [0.4, 0.5) is 14.6 Å². The molecular weight excluding hydrogens is 330 g/mol. The van der Waals surface area contributed by atoms with Gasteiger partial charge in [0.15, 0.2) is 11.6 Å². The van der Waals surface area contributed by atoms with Gasteiger partial charge in [-0.1, -0.05) is 6.07 Å². The van der Waals surface area contributed by atoms with Crippen molar-refractivity contribution in [2.75, 3.05) is 19.0 Å². The van der Waals surface area contributed by atoms with E-state index in [2.05, 4.69) is 10.3 Å². The van der Waals surface area contributed by atoms with E-state index in [1.54, 1.807) is 19.1 Å². The van der Waals surface area contributed by atoms with E-state index in [0.717, 1.165) is 12.1 Å². The van der Waals surface area contributed by atoms with E-state index in [0.29, 0.717) is 35.7 Å². The summed E-state index contributed by atoms with van der Waals surface area (Å²) < 4.78 is 37.0. The predicted molar refractivity (Wildman–Crippen MR) is 87.4 cm³/mol. The SMILES string of the molecule is COC(=O)c1ccc(NC2CCOC2c2ccc(F)c(F)c2)nc1C. The highest BCUT2D eigenvalue weighted by Crippen LogP contribution is 2.32. The van der Waals surface area contributed by atoms with Crippen LogP contribution >= 0.6 is 0 Å². The lowest BCUT2D eigenvalue weighted by molar-refractivity contribution is 0.0599. The molecule has 5 nitrogen and oxygen atoms in total. The second-order valence-corrected chi connectivity index (χ2v) is 5.83. The van der Waals surface area contributed by atoms with E-state index in [4.69, 9.17) is 9.47 Å². The molecule has 1 aliphatic rings. The number of hydrogen-bond donors (Lipinski definition) is 1. The van der Waals surface area contributed by atoms with Crippen LogP contribution in [0, 0.1) is 18.6 Å². The highest BCUT2D eigenvalue weighted by atomic mass is 19.2. The summed E-state index contributed by atoms with van der Waals surface area (Å²) in [6.45, 7) is 2.22. The first-order valence-electron chi connectivity index (χ1n) is 7.88. The number of esters is 1. The van der Waals surface area contributed by atoms with Crippen LogP contribution in [0.25, 0.3) is 0 Å². The molecule has 2 aromatic rings. The number of carbonyl (C=O) groups excluding carboxylic acids is 1. The summed E-state index contributed by atoms with van der Waals surface area (Å²) in [5, 5.41) is 3.24. The number of methoxy groups -OCH3 is 1. The number of carbonyl (C=O) groups is 1.